The minimum Gasteiger partial charge on any atom is -0.370 e. The SMILES string of the molecule is NC(=NC12CC3CC(CC(C3)C1)C2)Nc1ccccc1I. The molecule has 3 nitrogen and oxygen atoms in total. The van der Waals surface area contributed by atoms with E-state index in [-0.39, 0.29) is 5.54 Å². The van der Waals surface area contributed by atoms with Crippen LogP contribution in [0.4, 0.5) is 5.69 Å². The first-order valence-electron chi connectivity index (χ1n) is 7.99. The molecule has 0 spiro atoms. The third-order valence-corrected chi connectivity index (χ3v) is 6.44. The number of nitrogens with zero attached hydrogens (tertiary/aromatic N) is 1. The number of para-hydroxylation sites is 1. The molecule has 4 saturated carbocycles. The topological polar surface area (TPSA) is 50.4 Å². The Morgan fingerprint density at radius 2 is 1.67 bits per heavy atom. The molecule has 4 heteroatoms. The minimum atomic E-state index is 0.145. The zero-order chi connectivity index (χ0) is 14.4. The van der Waals surface area contributed by atoms with E-state index in [2.05, 4.69) is 40.0 Å². The molecule has 4 bridgehead atoms. The Balaban J connectivity index is 1.55. The van der Waals surface area contributed by atoms with Crippen LogP contribution in [0.2, 0.25) is 0 Å². The average molecular weight is 395 g/mol. The van der Waals surface area contributed by atoms with Crippen LogP contribution in [0.1, 0.15) is 38.5 Å². The van der Waals surface area contributed by atoms with Crippen molar-refractivity contribution in [1.82, 2.24) is 0 Å². The van der Waals surface area contributed by atoms with Crippen LogP contribution in [0.3, 0.4) is 0 Å². The van der Waals surface area contributed by atoms with Crippen molar-refractivity contribution in [3.05, 3.63) is 27.8 Å². The first-order chi connectivity index (χ1) is 10.1. The number of hydrogen-bond donors (Lipinski definition) is 2. The highest BCUT2D eigenvalue weighted by molar-refractivity contribution is 14.1. The Bertz CT molecular complexity index is 546. The quantitative estimate of drug-likeness (QED) is 0.452. The fraction of sp³-hybridized carbons (Fsp3) is 0.588. The lowest BCUT2D eigenvalue weighted by atomic mass is 9.53. The van der Waals surface area contributed by atoms with E-state index in [9.17, 15) is 0 Å². The van der Waals surface area contributed by atoms with Crippen molar-refractivity contribution in [3.8, 4) is 0 Å². The molecular weight excluding hydrogens is 373 g/mol. The molecule has 0 unspecified atom stereocenters. The first-order valence-corrected chi connectivity index (χ1v) is 9.07. The second kappa shape index (κ2) is 5.14. The van der Waals surface area contributed by atoms with Gasteiger partial charge in [0.05, 0.1) is 11.2 Å². The van der Waals surface area contributed by atoms with E-state index in [1.807, 2.05) is 12.1 Å². The van der Waals surface area contributed by atoms with Crippen molar-refractivity contribution in [2.24, 2.45) is 28.5 Å². The van der Waals surface area contributed by atoms with Crippen LogP contribution < -0.4 is 11.1 Å². The van der Waals surface area contributed by atoms with Gasteiger partial charge in [-0.1, -0.05) is 12.1 Å². The third-order valence-electron chi connectivity index (χ3n) is 5.50. The molecule has 1 aromatic rings. The molecule has 3 N–H and O–H groups in total. The van der Waals surface area contributed by atoms with E-state index in [4.69, 9.17) is 10.7 Å². The molecule has 5 rings (SSSR count). The first kappa shape index (κ1) is 13.9. The Morgan fingerprint density at radius 3 is 2.24 bits per heavy atom. The van der Waals surface area contributed by atoms with Gasteiger partial charge in [0.2, 0.25) is 0 Å². The van der Waals surface area contributed by atoms with E-state index >= 15 is 0 Å². The van der Waals surface area contributed by atoms with Crippen LogP contribution in [0.25, 0.3) is 0 Å². The van der Waals surface area contributed by atoms with Crippen molar-refractivity contribution >= 4 is 34.2 Å². The van der Waals surface area contributed by atoms with Crippen LogP contribution in [-0.4, -0.2) is 11.5 Å². The lowest BCUT2D eigenvalue weighted by molar-refractivity contribution is 0.00164. The highest BCUT2D eigenvalue weighted by atomic mass is 127. The molecule has 0 saturated heterocycles. The summed E-state index contributed by atoms with van der Waals surface area (Å²) in [7, 11) is 0. The van der Waals surface area contributed by atoms with Gasteiger partial charge in [-0.2, -0.15) is 0 Å². The smallest absolute Gasteiger partial charge is 0.193 e. The van der Waals surface area contributed by atoms with E-state index in [1.165, 1.54) is 42.1 Å². The molecule has 4 fully saturated rings. The van der Waals surface area contributed by atoms with Gasteiger partial charge in [-0.15, -0.1) is 0 Å². The molecule has 0 radical (unpaired) electrons. The summed E-state index contributed by atoms with van der Waals surface area (Å²) in [5.41, 5.74) is 7.44. The summed E-state index contributed by atoms with van der Waals surface area (Å²) in [5, 5.41) is 3.31. The van der Waals surface area contributed by atoms with Gasteiger partial charge in [-0.05, 0) is 91.0 Å². The van der Waals surface area contributed by atoms with Gasteiger partial charge in [0.25, 0.3) is 0 Å². The summed E-state index contributed by atoms with van der Waals surface area (Å²) in [6.45, 7) is 0. The number of nitrogens with two attached hydrogens (primary N) is 1. The van der Waals surface area contributed by atoms with Crippen molar-refractivity contribution in [1.29, 1.82) is 0 Å². The van der Waals surface area contributed by atoms with E-state index in [1.54, 1.807) is 0 Å². The maximum Gasteiger partial charge on any atom is 0.193 e. The molecule has 0 aliphatic heterocycles. The fourth-order valence-corrected chi connectivity index (χ4v) is 5.71. The zero-order valence-electron chi connectivity index (χ0n) is 12.2. The summed E-state index contributed by atoms with van der Waals surface area (Å²) >= 11 is 2.33. The van der Waals surface area contributed by atoms with Crippen LogP contribution >= 0.6 is 22.6 Å². The molecule has 0 amide bonds. The van der Waals surface area contributed by atoms with Gasteiger partial charge in [-0.3, -0.25) is 0 Å². The second-order valence-corrected chi connectivity index (χ2v) is 8.41. The molecule has 0 aromatic heterocycles. The predicted molar refractivity (Wildman–Crippen MR) is 95.3 cm³/mol. The number of benzene rings is 1. The summed E-state index contributed by atoms with van der Waals surface area (Å²) in [6, 6.07) is 8.21. The van der Waals surface area contributed by atoms with Crippen LogP contribution in [0.15, 0.2) is 29.3 Å². The molecule has 0 heterocycles. The number of aliphatic imine (C=N–C) groups is 1. The summed E-state index contributed by atoms with van der Waals surface area (Å²) in [6.07, 6.45) is 8.10. The Labute approximate surface area is 139 Å². The van der Waals surface area contributed by atoms with E-state index in [0.717, 1.165) is 23.4 Å². The zero-order valence-corrected chi connectivity index (χ0v) is 14.3. The monoisotopic (exact) mass is 395 g/mol. The van der Waals surface area contributed by atoms with Gasteiger partial charge in [0.1, 0.15) is 0 Å². The fourth-order valence-electron chi connectivity index (χ4n) is 5.19. The van der Waals surface area contributed by atoms with Gasteiger partial charge in [0.15, 0.2) is 5.96 Å². The standard InChI is InChI=1S/C17H22IN3/c18-14-3-1-2-4-15(14)20-16(19)21-17-8-11-5-12(9-17)7-13(6-11)10-17/h1-4,11-13H,5-10H2,(H3,19,20,21). The van der Waals surface area contributed by atoms with Crippen LogP contribution in [0.5, 0.6) is 0 Å². The lowest BCUT2D eigenvalue weighted by Crippen LogP contribution is -2.50. The predicted octanol–water partition coefficient (Wildman–Crippen LogP) is 3.99. The molecule has 1 aromatic carbocycles. The van der Waals surface area contributed by atoms with E-state index < -0.39 is 0 Å². The molecule has 112 valence electrons. The molecule has 4 aliphatic rings. The number of guanidine groups is 1. The van der Waals surface area contributed by atoms with Crippen LogP contribution in [0, 0.1) is 21.3 Å². The highest BCUT2D eigenvalue weighted by Gasteiger charge is 2.51. The summed E-state index contributed by atoms with van der Waals surface area (Å²) in [5.74, 6) is 3.32. The molecule has 4 aliphatic carbocycles. The number of nitrogens with one attached hydrogen (secondary N) is 1. The third kappa shape index (κ3) is 2.67. The van der Waals surface area contributed by atoms with E-state index in [0.29, 0.717) is 5.96 Å². The molecular formula is C17H22IN3. The maximum atomic E-state index is 6.23. The van der Waals surface area contributed by atoms with Crippen molar-refractivity contribution in [3.63, 3.8) is 0 Å². The van der Waals surface area contributed by atoms with Gasteiger partial charge in [-0.25, -0.2) is 4.99 Å². The second-order valence-electron chi connectivity index (χ2n) is 7.24. The van der Waals surface area contributed by atoms with Gasteiger partial charge < -0.3 is 11.1 Å². The van der Waals surface area contributed by atoms with Gasteiger partial charge >= 0.3 is 0 Å². The van der Waals surface area contributed by atoms with Crippen molar-refractivity contribution < 1.29 is 0 Å². The minimum absolute atomic E-state index is 0.145. The Morgan fingerprint density at radius 1 is 1.10 bits per heavy atom. The maximum absolute atomic E-state index is 6.23. The lowest BCUT2D eigenvalue weighted by Gasteiger charge is -2.54. The summed E-state index contributed by atoms with van der Waals surface area (Å²) in [4.78, 5) is 4.98. The number of hydrogen-bond acceptors (Lipinski definition) is 1. The molecule has 0 atom stereocenters. The normalized spacial score (nSPS) is 37.8. The highest BCUT2D eigenvalue weighted by Crippen LogP contribution is 2.57. The Kier molecular flexibility index (Phi) is 3.39. The van der Waals surface area contributed by atoms with Gasteiger partial charge in [0, 0.05) is 3.57 Å². The van der Waals surface area contributed by atoms with Crippen molar-refractivity contribution in [2.75, 3.05) is 5.32 Å². The number of halogens is 1. The summed E-state index contributed by atoms with van der Waals surface area (Å²) < 4.78 is 1.18. The van der Waals surface area contributed by atoms with Crippen molar-refractivity contribution in [2.45, 2.75) is 44.1 Å². The number of rotatable bonds is 2. The Hall–Kier alpha value is -0.780. The molecule has 21 heavy (non-hydrogen) atoms. The number of anilines is 1. The van der Waals surface area contributed by atoms with Crippen LogP contribution in [-0.2, 0) is 0 Å². The largest absolute Gasteiger partial charge is 0.370 e. The average Bonchev–Trinajstić information content (AvgIpc) is 2.39.